The van der Waals surface area contributed by atoms with Gasteiger partial charge in [-0.2, -0.15) is 0 Å². The quantitative estimate of drug-likeness (QED) is 0.749. The maximum atomic E-state index is 4.20. The van der Waals surface area contributed by atoms with Crippen LogP contribution in [0.5, 0.6) is 0 Å². The van der Waals surface area contributed by atoms with Gasteiger partial charge in [0.15, 0.2) is 0 Å². The molecule has 3 atom stereocenters. The van der Waals surface area contributed by atoms with Crippen LogP contribution in [-0.4, -0.2) is 13.4 Å². The van der Waals surface area contributed by atoms with Gasteiger partial charge in [0.25, 0.3) is 0 Å². The summed E-state index contributed by atoms with van der Waals surface area (Å²) in [4.78, 5) is 0. The average molecular weight is 363 g/mol. The molecule has 0 saturated carbocycles. The van der Waals surface area contributed by atoms with Gasteiger partial charge in [-0.15, -0.1) is 0 Å². The average Bonchev–Trinajstić information content (AvgIpc) is 2.72. The van der Waals surface area contributed by atoms with Crippen molar-refractivity contribution in [3.63, 3.8) is 0 Å². The predicted molar refractivity (Wildman–Crippen MR) is 104 cm³/mol. The maximum absolute atomic E-state index is 4.20. The molecule has 2 rings (SSSR count). The van der Waals surface area contributed by atoms with Gasteiger partial charge in [-0.1, -0.05) is 0 Å². The zero-order valence-electron chi connectivity index (χ0n) is 16.0. The van der Waals surface area contributed by atoms with E-state index in [0.717, 1.165) is 0 Å². The molecule has 1 aliphatic rings. The van der Waals surface area contributed by atoms with Gasteiger partial charge in [0.1, 0.15) is 0 Å². The minimum atomic E-state index is -2.24. The molecule has 3 unspecified atom stereocenters. The minimum absolute atomic E-state index is 0.292. The van der Waals surface area contributed by atoms with Crippen LogP contribution in [0.3, 0.4) is 0 Å². The molecule has 3 heteroatoms. The van der Waals surface area contributed by atoms with E-state index in [9.17, 15) is 0 Å². The zero-order valence-corrected chi connectivity index (χ0v) is 18.9. The van der Waals surface area contributed by atoms with Crippen molar-refractivity contribution in [1.29, 1.82) is 0 Å². The number of nitrogens with one attached hydrogen (secondary N) is 1. The Labute approximate surface area is 148 Å². The summed E-state index contributed by atoms with van der Waals surface area (Å²) in [5.41, 5.74) is 4.76. The van der Waals surface area contributed by atoms with Gasteiger partial charge in [0.2, 0.25) is 0 Å². The number of hydrogen-bond acceptors (Lipinski definition) is 1. The summed E-state index contributed by atoms with van der Waals surface area (Å²) in [6.45, 7) is 14.1. The second kappa shape index (κ2) is 7.65. The molecule has 0 bridgehead atoms. The normalized spacial score (nSPS) is 23.0. The second-order valence-electron chi connectivity index (χ2n) is 7.52. The first-order valence-corrected chi connectivity index (χ1v) is 16.9. The summed E-state index contributed by atoms with van der Waals surface area (Å²) in [5, 5.41) is 4.27. The van der Waals surface area contributed by atoms with E-state index in [1.807, 2.05) is 3.88 Å². The van der Waals surface area contributed by atoms with Crippen LogP contribution in [0.25, 0.3) is 0 Å². The molecule has 0 spiro atoms. The van der Waals surface area contributed by atoms with Crippen molar-refractivity contribution in [2.24, 2.45) is 5.92 Å². The summed E-state index contributed by atoms with van der Waals surface area (Å²) in [6, 6.07) is 11.9. The molecule has 0 fully saturated rings. The van der Waals surface area contributed by atoms with Crippen LogP contribution in [0.2, 0.25) is 5.23 Å². The van der Waals surface area contributed by atoms with E-state index in [0.29, 0.717) is 12.0 Å². The Hall–Kier alpha value is -0.409. The molecule has 1 aromatic carbocycles. The first kappa shape index (κ1) is 18.9. The van der Waals surface area contributed by atoms with Crippen LogP contribution < -0.4 is 8.99 Å². The zero-order chi connectivity index (χ0) is 17.2. The molecule has 1 nitrogen and oxygen atoms in total. The topological polar surface area (TPSA) is 12.0 Å². The van der Waals surface area contributed by atoms with E-state index in [4.69, 9.17) is 0 Å². The Morgan fingerprint density at radius 2 is 1.74 bits per heavy atom. The van der Waals surface area contributed by atoms with E-state index >= 15 is 0 Å². The molecule has 1 N–H and O–H groups in total. The second-order valence-corrected chi connectivity index (χ2v) is 21.6. The van der Waals surface area contributed by atoms with Crippen molar-refractivity contribution in [3.05, 3.63) is 50.9 Å². The molecule has 0 amide bonds. The van der Waals surface area contributed by atoms with E-state index < -0.39 is 16.1 Å². The van der Waals surface area contributed by atoms with Gasteiger partial charge < -0.3 is 0 Å². The summed E-state index contributed by atoms with van der Waals surface area (Å²) >= 11 is -2.24. The van der Waals surface area contributed by atoms with Gasteiger partial charge in [-0.25, -0.2) is 0 Å². The Morgan fingerprint density at radius 3 is 2.22 bits per heavy atom. The summed E-state index contributed by atoms with van der Waals surface area (Å²) in [7, 11) is -0.292. The van der Waals surface area contributed by atoms with Gasteiger partial charge in [0, 0.05) is 0 Å². The third kappa shape index (κ3) is 3.99. The summed E-state index contributed by atoms with van der Waals surface area (Å²) in [5.74, 6) is 0.646. The van der Waals surface area contributed by atoms with Crippen LogP contribution in [0, 0.1) is 5.92 Å². The van der Waals surface area contributed by atoms with Crippen molar-refractivity contribution in [2.75, 3.05) is 0 Å². The standard InChI is InChI=1S/C9H13.C6H7Si.C4H10N.CH3.Ti/c1-6-5-7(2)9(4)8(6)3;7-6-4-2-1-3-5-6;1-3-4(2)5;;/h6H,1-4H3;1-5H,7H2;4-5H,3H2,1-2H3;1H3;/q;;-1;;+1. The van der Waals surface area contributed by atoms with Crippen LogP contribution >= 0.6 is 0 Å². The predicted octanol–water partition coefficient (Wildman–Crippen LogP) is 4.16. The van der Waals surface area contributed by atoms with E-state index in [2.05, 4.69) is 80.9 Å². The Balaban J connectivity index is 2.43. The van der Waals surface area contributed by atoms with Gasteiger partial charge >= 0.3 is 149 Å². The molecular formula is C20H33NSiTi. The molecule has 0 saturated heterocycles. The molecule has 1 aliphatic carbocycles. The van der Waals surface area contributed by atoms with Gasteiger partial charge in [0.05, 0.1) is 0 Å². The molecule has 0 aromatic heterocycles. The third-order valence-electron chi connectivity index (χ3n) is 5.81. The Kier molecular flexibility index (Phi) is 6.29. The Morgan fingerprint density at radius 1 is 1.13 bits per heavy atom. The molecule has 23 heavy (non-hydrogen) atoms. The van der Waals surface area contributed by atoms with E-state index in [1.165, 1.54) is 6.42 Å². The van der Waals surface area contributed by atoms with Crippen LogP contribution in [0.15, 0.2) is 50.9 Å². The van der Waals surface area contributed by atoms with Crippen molar-refractivity contribution in [3.8, 4) is 0 Å². The van der Waals surface area contributed by atoms with Crippen molar-refractivity contribution < 1.29 is 16.1 Å². The molecule has 1 aromatic rings. The van der Waals surface area contributed by atoms with Crippen LogP contribution in [0.4, 0.5) is 0 Å². The summed E-state index contributed by atoms with van der Waals surface area (Å²) < 4.78 is 6.03. The van der Waals surface area contributed by atoms with Crippen molar-refractivity contribution >= 4 is 12.6 Å². The molecule has 0 heterocycles. The molecule has 0 aliphatic heterocycles. The van der Waals surface area contributed by atoms with Crippen molar-refractivity contribution in [1.82, 2.24) is 3.80 Å². The molecule has 0 radical (unpaired) electrons. The first-order chi connectivity index (χ1) is 10.8. The number of rotatable bonds is 6. The fourth-order valence-electron chi connectivity index (χ4n) is 4.13. The molecular weight excluding hydrogens is 330 g/mol. The Bertz CT molecular complexity index is 620. The van der Waals surface area contributed by atoms with Crippen LogP contribution in [0.1, 0.15) is 48.0 Å². The molecule has 126 valence electrons. The first-order valence-electron chi connectivity index (χ1n) is 9.00. The fraction of sp³-hybridized carbons (Fsp3) is 0.500. The van der Waals surface area contributed by atoms with Crippen molar-refractivity contribution in [2.45, 2.75) is 59.2 Å². The van der Waals surface area contributed by atoms with E-state index in [1.54, 1.807) is 21.9 Å². The third-order valence-corrected chi connectivity index (χ3v) is 19.9. The van der Waals surface area contributed by atoms with E-state index in [-0.39, 0.29) is 7.39 Å². The monoisotopic (exact) mass is 363 g/mol. The SMILES string of the molecule is CCC(C)[NH][Ti]([CH3])([SiH2]c1ccccc1)[C]1=C(C)C(C)=C(C)C1C. The number of benzene rings is 1. The van der Waals surface area contributed by atoms with Gasteiger partial charge in [-0.3, -0.25) is 0 Å². The van der Waals surface area contributed by atoms with Gasteiger partial charge in [-0.05, 0) is 0 Å². The number of allylic oxidation sites excluding steroid dienone is 4. The summed E-state index contributed by atoms with van der Waals surface area (Å²) in [6.07, 6.45) is 1.22. The number of hydrogen-bond donors (Lipinski definition) is 1. The van der Waals surface area contributed by atoms with Crippen LogP contribution in [-0.2, 0) is 16.1 Å². The fourth-order valence-corrected chi connectivity index (χ4v) is 21.5.